The first kappa shape index (κ1) is 20.4. The van der Waals surface area contributed by atoms with Gasteiger partial charge in [0.15, 0.2) is 5.96 Å². The van der Waals surface area contributed by atoms with Crippen molar-refractivity contribution < 1.29 is 0 Å². The lowest BCUT2D eigenvalue weighted by molar-refractivity contribution is 0.192. The molecule has 3 unspecified atom stereocenters. The fourth-order valence-electron chi connectivity index (χ4n) is 4.93. The van der Waals surface area contributed by atoms with Crippen molar-refractivity contribution in [3.8, 4) is 0 Å². The summed E-state index contributed by atoms with van der Waals surface area (Å²) in [4.78, 5) is 11.3. The summed E-state index contributed by atoms with van der Waals surface area (Å²) in [6.07, 6.45) is 6.91. The van der Waals surface area contributed by atoms with Crippen molar-refractivity contribution in [2.75, 3.05) is 33.2 Å². The average molecular weight is 488 g/mol. The molecule has 2 fully saturated rings. The Kier molecular flexibility index (Phi) is 7.25. The van der Waals surface area contributed by atoms with Crippen molar-refractivity contribution in [3.63, 3.8) is 0 Å². The Morgan fingerprint density at radius 1 is 1.31 bits per heavy atom. The minimum atomic E-state index is 0. The molecule has 0 radical (unpaired) electrons. The average Bonchev–Trinajstić information content (AvgIpc) is 3.27. The van der Waals surface area contributed by atoms with Crippen LogP contribution >= 0.6 is 35.3 Å². The number of thiophene rings is 1. The van der Waals surface area contributed by atoms with Crippen molar-refractivity contribution in [1.82, 2.24) is 15.1 Å². The number of rotatable bonds is 3. The van der Waals surface area contributed by atoms with Crippen LogP contribution in [-0.4, -0.2) is 55.0 Å². The van der Waals surface area contributed by atoms with Crippen LogP contribution in [0.3, 0.4) is 0 Å². The van der Waals surface area contributed by atoms with Gasteiger partial charge in [-0.15, -0.1) is 35.3 Å². The highest BCUT2D eigenvalue weighted by atomic mass is 127. The fourth-order valence-corrected chi connectivity index (χ4v) is 5.82. The van der Waals surface area contributed by atoms with Gasteiger partial charge in [0.2, 0.25) is 0 Å². The van der Waals surface area contributed by atoms with Crippen molar-refractivity contribution in [3.05, 3.63) is 21.9 Å². The van der Waals surface area contributed by atoms with Crippen LogP contribution < -0.4 is 5.32 Å². The fraction of sp³-hybridized carbons (Fsp3) is 0.750. The van der Waals surface area contributed by atoms with E-state index in [1.807, 2.05) is 18.4 Å². The molecule has 4 nitrogen and oxygen atoms in total. The second kappa shape index (κ2) is 9.24. The second-order valence-electron chi connectivity index (χ2n) is 8.08. The Labute approximate surface area is 179 Å². The van der Waals surface area contributed by atoms with Crippen LogP contribution in [0.25, 0.3) is 0 Å². The van der Waals surface area contributed by atoms with Crippen molar-refractivity contribution >= 4 is 41.3 Å². The van der Waals surface area contributed by atoms with Crippen LogP contribution in [0, 0.1) is 11.8 Å². The molecule has 0 aromatic carbocycles. The maximum atomic E-state index is 4.59. The number of hydrogen-bond donors (Lipinski definition) is 1. The summed E-state index contributed by atoms with van der Waals surface area (Å²) in [6, 6.07) is 2.84. The summed E-state index contributed by atoms with van der Waals surface area (Å²) >= 11 is 1.92. The van der Waals surface area contributed by atoms with Crippen molar-refractivity contribution in [1.29, 1.82) is 0 Å². The molecule has 0 amide bonds. The van der Waals surface area contributed by atoms with Crippen molar-refractivity contribution in [2.24, 2.45) is 16.8 Å². The van der Waals surface area contributed by atoms with Gasteiger partial charge in [0, 0.05) is 50.7 Å². The largest absolute Gasteiger partial charge is 0.355 e. The van der Waals surface area contributed by atoms with E-state index in [0.29, 0.717) is 6.04 Å². The third kappa shape index (κ3) is 4.38. The van der Waals surface area contributed by atoms with E-state index in [0.717, 1.165) is 30.9 Å². The number of likely N-dealkylation sites (tertiary alicyclic amines) is 1. The zero-order chi connectivity index (χ0) is 17.2. The summed E-state index contributed by atoms with van der Waals surface area (Å²) in [7, 11) is 1.94. The molecular formula is C20H33IN4S. The van der Waals surface area contributed by atoms with Crippen LogP contribution in [0.15, 0.2) is 16.4 Å². The third-order valence-corrected chi connectivity index (χ3v) is 7.53. The van der Waals surface area contributed by atoms with Crippen LogP contribution in [0.2, 0.25) is 0 Å². The van der Waals surface area contributed by atoms with Gasteiger partial charge in [-0.25, -0.2) is 0 Å². The molecule has 2 aliphatic heterocycles. The monoisotopic (exact) mass is 488 g/mol. The molecule has 3 aliphatic rings. The van der Waals surface area contributed by atoms with E-state index < -0.39 is 0 Å². The van der Waals surface area contributed by atoms with E-state index in [1.54, 1.807) is 4.88 Å². The first-order valence-corrected chi connectivity index (χ1v) is 10.9. The van der Waals surface area contributed by atoms with Crippen LogP contribution in [-0.2, 0) is 13.0 Å². The molecule has 4 rings (SSSR count). The van der Waals surface area contributed by atoms with Crippen molar-refractivity contribution in [2.45, 2.75) is 51.6 Å². The zero-order valence-electron chi connectivity index (χ0n) is 16.1. The quantitative estimate of drug-likeness (QED) is 0.399. The first-order chi connectivity index (χ1) is 12.2. The molecule has 1 N–H and O–H groups in total. The van der Waals surface area contributed by atoms with Crippen LogP contribution in [0.4, 0.5) is 0 Å². The predicted octanol–water partition coefficient (Wildman–Crippen LogP) is 3.81. The number of aliphatic imine (C=N–C) groups is 1. The van der Waals surface area contributed by atoms with Gasteiger partial charge in [-0.05, 0) is 55.0 Å². The molecule has 6 heteroatoms. The summed E-state index contributed by atoms with van der Waals surface area (Å²) in [5.41, 5.74) is 1.54. The van der Waals surface area contributed by atoms with Gasteiger partial charge >= 0.3 is 0 Å². The first-order valence-electron chi connectivity index (χ1n) is 9.99. The molecule has 26 heavy (non-hydrogen) atoms. The number of hydrogen-bond acceptors (Lipinski definition) is 3. The van der Waals surface area contributed by atoms with Gasteiger partial charge in [-0.3, -0.25) is 9.89 Å². The lowest BCUT2D eigenvalue weighted by atomic mass is 9.82. The Bertz CT molecular complexity index is 603. The van der Waals surface area contributed by atoms with Gasteiger partial charge in [-0.2, -0.15) is 0 Å². The van der Waals surface area contributed by atoms with E-state index in [4.69, 9.17) is 0 Å². The Hall–Kier alpha value is -0.340. The highest BCUT2D eigenvalue weighted by molar-refractivity contribution is 14.0. The highest BCUT2D eigenvalue weighted by Crippen LogP contribution is 2.36. The van der Waals surface area contributed by atoms with E-state index in [1.165, 1.54) is 57.3 Å². The molecule has 146 valence electrons. The number of fused-ring (bicyclic) bond motifs is 2. The normalized spacial score (nSPS) is 27.5. The molecule has 1 aromatic rings. The van der Waals surface area contributed by atoms with Gasteiger partial charge in [0.25, 0.3) is 0 Å². The SMILES string of the molecule is CN=C(NCC(C)N1CCc2sccc2C1)N1CC2CCCCC2C1.I. The maximum absolute atomic E-state index is 4.59. The Morgan fingerprint density at radius 2 is 2.04 bits per heavy atom. The summed E-state index contributed by atoms with van der Waals surface area (Å²) in [5.74, 6) is 2.93. The molecule has 3 atom stereocenters. The van der Waals surface area contributed by atoms with Crippen LogP contribution in [0.1, 0.15) is 43.0 Å². The molecule has 3 heterocycles. The van der Waals surface area contributed by atoms with Gasteiger partial charge in [0.05, 0.1) is 0 Å². The molecular weight excluding hydrogens is 455 g/mol. The number of guanidine groups is 1. The van der Waals surface area contributed by atoms with E-state index >= 15 is 0 Å². The molecule has 1 saturated heterocycles. The third-order valence-electron chi connectivity index (χ3n) is 6.50. The number of nitrogens with zero attached hydrogens (tertiary/aromatic N) is 3. The van der Waals surface area contributed by atoms with Gasteiger partial charge in [-0.1, -0.05) is 12.8 Å². The summed E-state index contributed by atoms with van der Waals surface area (Å²) in [5, 5.41) is 5.91. The molecule has 0 spiro atoms. The highest BCUT2D eigenvalue weighted by Gasteiger charge is 2.35. The van der Waals surface area contributed by atoms with Crippen LogP contribution in [0.5, 0.6) is 0 Å². The summed E-state index contributed by atoms with van der Waals surface area (Å²) < 4.78 is 0. The zero-order valence-corrected chi connectivity index (χ0v) is 19.3. The smallest absolute Gasteiger partial charge is 0.193 e. The topological polar surface area (TPSA) is 30.9 Å². The predicted molar refractivity (Wildman–Crippen MR) is 122 cm³/mol. The minimum absolute atomic E-state index is 0. The number of nitrogens with one attached hydrogen (secondary N) is 1. The minimum Gasteiger partial charge on any atom is -0.355 e. The summed E-state index contributed by atoms with van der Waals surface area (Å²) in [6.45, 7) is 8.04. The van der Waals surface area contributed by atoms with E-state index in [9.17, 15) is 0 Å². The lowest BCUT2D eigenvalue weighted by Gasteiger charge is -2.33. The van der Waals surface area contributed by atoms with Gasteiger partial charge in [0.1, 0.15) is 0 Å². The Balaban J connectivity index is 0.00000196. The second-order valence-corrected chi connectivity index (χ2v) is 9.08. The maximum Gasteiger partial charge on any atom is 0.193 e. The Morgan fingerprint density at radius 3 is 2.73 bits per heavy atom. The van der Waals surface area contributed by atoms with Gasteiger partial charge < -0.3 is 10.2 Å². The molecule has 1 aromatic heterocycles. The molecule has 1 aliphatic carbocycles. The standard InChI is InChI=1S/C20H32N4S.HI/c1-15(23-9-7-19-18(14-23)8-10-25-19)11-22-20(21-2)24-12-16-5-3-4-6-17(16)13-24;/h8,10,15-17H,3-7,9,11-14H2,1-2H3,(H,21,22);1H. The lowest BCUT2D eigenvalue weighted by Crippen LogP contribution is -2.48. The molecule has 0 bridgehead atoms. The van der Waals surface area contributed by atoms with E-state index in [2.05, 4.69) is 38.5 Å². The number of halogens is 1. The molecule has 1 saturated carbocycles. The van der Waals surface area contributed by atoms with E-state index in [-0.39, 0.29) is 24.0 Å².